The zero-order valence-corrected chi connectivity index (χ0v) is 12.9. The van der Waals surface area contributed by atoms with Crippen LogP contribution in [0.1, 0.15) is 25.5 Å². The topological polar surface area (TPSA) is 52.6 Å². The molecule has 2 saturated heterocycles. The van der Waals surface area contributed by atoms with Crippen molar-refractivity contribution in [2.45, 2.75) is 26.7 Å². The molecule has 114 valence electrons. The third-order valence-electron chi connectivity index (χ3n) is 4.27. The summed E-state index contributed by atoms with van der Waals surface area (Å²) in [5.74, 6) is 2.00. The van der Waals surface area contributed by atoms with Crippen molar-refractivity contribution < 1.29 is 4.79 Å². The van der Waals surface area contributed by atoms with Gasteiger partial charge in [-0.1, -0.05) is 0 Å². The highest BCUT2D eigenvalue weighted by Crippen LogP contribution is 2.22. The Morgan fingerprint density at radius 1 is 1.00 bits per heavy atom. The van der Waals surface area contributed by atoms with E-state index in [0.717, 1.165) is 56.7 Å². The molecule has 0 unspecified atom stereocenters. The number of amides is 1. The molecular formula is C15H23N5O. The van der Waals surface area contributed by atoms with Gasteiger partial charge in [0, 0.05) is 58.0 Å². The average Bonchev–Trinajstić information content (AvgIpc) is 3.01. The summed E-state index contributed by atoms with van der Waals surface area (Å²) >= 11 is 0. The third-order valence-corrected chi connectivity index (χ3v) is 4.27. The van der Waals surface area contributed by atoms with E-state index in [2.05, 4.69) is 20.9 Å². The molecule has 6 heteroatoms. The molecular weight excluding hydrogens is 266 g/mol. The summed E-state index contributed by atoms with van der Waals surface area (Å²) in [6, 6.07) is 2.07. The number of anilines is 2. The van der Waals surface area contributed by atoms with E-state index in [1.165, 1.54) is 12.8 Å². The summed E-state index contributed by atoms with van der Waals surface area (Å²) in [5.41, 5.74) is 1.01. The highest BCUT2D eigenvalue weighted by molar-refractivity contribution is 5.73. The van der Waals surface area contributed by atoms with Crippen molar-refractivity contribution >= 4 is 17.7 Å². The monoisotopic (exact) mass is 289 g/mol. The van der Waals surface area contributed by atoms with Crippen molar-refractivity contribution in [1.29, 1.82) is 0 Å². The Balaban J connectivity index is 1.74. The van der Waals surface area contributed by atoms with Crippen molar-refractivity contribution in [1.82, 2.24) is 14.9 Å². The van der Waals surface area contributed by atoms with Gasteiger partial charge >= 0.3 is 0 Å². The number of carbonyl (C=O) groups excluding carboxylic acids is 1. The molecule has 0 radical (unpaired) electrons. The van der Waals surface area contributed by atoms with Gasteiger partial charge in [-0.25, -0.2) is 4.98 Å². The zero-order valence-electron chi connectivity index (χ0n) is 12.9. The van der Waals surface area contributed by atoms with E-state index in [1.807, 2.05) is 11.8 Å². The lowest BCUT2D eigenvalue weighted by Gasteiger charge is -2.34. The van der Waals surface area contributed by atoms with Gasteiger partial charge in [-0.05, 0) is 19.8 Å². The number of piperazine rings is 1. The SMILES string of the molecule is CC(=O)N1CCN(c2nc(C)cc(N3CCCC3)n2)CC1. The Morgan fingerprint density at radius 2 is 1.67 bits per heavy atom. The molecule has 0 bridgehead atoms. The summed E-state index contributed by atoms with van der Waals surface area (Å²) in [6.45, 7) is 8.96. The number of hydrogen-bond donors (Lipinski definition) is 0. The van der Waals surface area contributed by atoms with Gasteiger partial charge in [0.05, 0.1) is 0 Å². The van der Waals surface area contributed by atoms with Crippen LogP contribution < -0.4 is 9.80 Å². The van der Waals surface area contributed by atoms with E-state index in [9.17, 15) is 4.79 Å². The van der Waals surface area contributed by atoms with Gasteiger partial charge in [0.25, 0.3) is 0 Å². The summed E-state index contributed by atoms with van der Waals surface area (Å²) in [6.07, 6.45) is 2.49. The molecule has 0 N–H and O–H groups in total. The number of rotatable bonds is 2. The minimum atomic E-state index is 0.151. The maximum Gasteiger partial charge on any atom is 0.227 e. The third kappa shape index (κ3) is 3.09. The second-order valence-corrected chi connectivity index (χ2v) is 5.85. The van der Waals surface area contributed by atoms with Crippen LogP contribution in [0.4, 0.5) is 11.8 Å². The van der Waals surface area contributed by atoms with Crippen LogP contribution in [0.3, 0.4) is 0 Å². The maximum atomic E-state index is 11.4. The van der Waals surface area contributed by atoms with E-state index in [4.69, 9.17) is 4.98 Å². The Bertz CT molecular complexity index is 519. The fourth-order valence-electron chi connectivity index (χ4n) is 3.01. The molecule has 2 fully saturated rings. The Kier molecular flexibility index (Phi) is 3.94. The van der Waals surface area contributed by atoms with Gasteiger partial charge in [-0.2, -0.15) is 4.98 Å². The largest absolute Gasteiger partial charge is 0.356 e. The lowest BCUT2D eigenvalue weighted by molar-refractivity contribution is -0.129. The number of carbonyl (C=O) groups is 1. The molecule has 0 atom stereocenters. The summed E-state index contributed by atoms with van der Waals surface area (Å²) in [4.78, 5) is 27.1. The first-order valence-corrected chi connectivity index (χ1v) is 7.74. The van der Waals surface area contributed by atoms with Crippen LogP contribution in [0.5, 0.6) is 0 Å². The smallest absolute Gasteiger partial charge is 0.227 e. The molecule has 0 spiro atoms. The summed E-state index contributed by atoms with van der Waals surface area (Å²) in [5, 5.41) is 0. The first-order chi connectivity index (χ1) is 10.1. The summed E-state index contributed by atoms with van der Waals surface area (Å²) in [7, 11) is 0. The second kappa shape index (κ2) is 5.87. The molecule has 1 amide bonds. The number of nitrogens with zero attached hydrogens (tertiary/aromatic N) is 5. The van der Waals surface area contributed by atoms with Crippen LogP contribution in [-0.4, -0.2) is 60.0 Å². The quantitative estimate of drug-likeness (QED) is 0.814. The Morgan fingerprint density at radius 3 is 2.29 bits per heavy atom. The van der Waals surface area contributed by atoms with Crippen LogP contribution in [0.2, 0.25) is 0 Å². The normalized spacial score (nSPS) is 19.2. The fourth-order valence-corrected chi connectivity index (χ4v) is 3.01. The van der Waals surface area contributed by atoms with Crippen molar-refractivity contribution in [2.24, 2.45) is 0 Å². The standard InChI is InChI=1S/C15H23N5O/c1-12-11-14(19-5-3-4-6-19)17-15(16-12)20-9-7-18(8-10-20)13(2)21/h11H,3-10H2,1-2H3. The van der Waals surface area contributed by atoms with Crippen molar-refractivity contribution in [3.8, 4) is 0 Å². The molecule has 3 heterocycles. The average molecular weight is 289 g/mol. The Labute approximate surface area is 125 Å². The number of aryl methyl sites for hydroxylation is 1. The van der Waals surface area contributed by atoms with Gasteiger partial charge in [0.15, 0.2) is 0 Å². The fraction of sp³-hybridized carbons (Fsp3) is 0.667. The van der Waals surface area contributed by atoms with Crippen LogP contribution in [-0.2, 0) is 4.79 Å². The minimum Gasteiger partial charge on any atom is -0.356 e. The second-order valence-electron chi connectivity index (χ2n) is 5.85. The summed E-state index contributed by atoms with van der Waals surface area (Å²) < 4.78 is 0. The van der Waals surface area contributed by atoms with Crippen LogP contribution in [0.25, 0.3) is 0 Å². The molecule has 1 aromatic heterocycles. The van der Waals surface area contributed by atoms with Crippen molar-refractivity contribution in [3.63, 3.8) is 0 Å². The molecule has 2 aliphatic heterocycles. The van der Waals surface area contributed by atoms with Crippen LogP contribution >= 0.6 is 0 Å². The minimum absolute atomic E-state index is 0.151. The van der Waals surface area contributed by atoms with Gasteiger partial charge in [0.1, 0.15) is 5.82 Å². The van der Waals surface area contributed by atoms with Gasteiger partial charge in [-0.15, -0.1) is 0 Å². The molecule has 2 aliphatic rings. The molecule has 0 aliphatic carbocycles. The van der Waals surface area contributed by atoms with E-state index < -0.39 is 0 Å². The van der Waals surface area contributed by atoms with Gasteiger partial charge in [0.2, 0.25) is 11.9 Å². The van der Waals surface area contributed by atoms with Crippen molar-refractivity contribution in [3.05, 3.63) is 11.8 Å². The predicted octanol–water partition coefficient (Wildman–Crippen LogP) is 1.05. The lowest BCUT2D eigenvalue weighted by Crippen LogP contribution is -2.48. The van der Waals surface area contributed by atoms with Gasteiger partial charge in [-0.3, -0.25) is 4.79 Å². The van der Waals surface area contributed by atoms with Crippen LogP contribution in [0.15, 0.2) is 6.07 Å². The molecule has 0 aromatic carbocycles. The molecule has 21 heavy (non-hydrogen) atoms. The maximum absolute atomic E-state index is 11.4. The zero-order chi connectivity index (χ0) is 14.8. The molecule has 6 nitrogen and oxygen atoms in total. The predicted molar refractivity (Wildman–Crippen MR) is 82.7 cm³/mol. The van der Waals surface area contributed by atoms with E-state index in [1.54, 1.807) is 6.92 Å². The van der Waals surface area contributed by atoms with E-state index >= 15 is 0 Å². The Hall–Kier alpha value is -1.85. The van der Waals surface area contributed by atoms with E-state index in [0.29, 0.717) is 0 Å². The molecule has 3 rings (SSSR count). The highest BCUT2D eigenvalue weighted by Gasteiger charge is 2.22. The number of hydrogen-bond acceptors (Lipinski definition) is 5. The first-order valence-electron chi connectivity index (χ1n) is 7.74. The van der Waals surface area contributed by atoms with E-state index in [-0.39, 0.29) is 5.91 Å². The molecule has 1 aromatic rings. The lowest BCUT2D eigenvalue weighted by atomic mass is 10.3. The molecule has 0 saturated carbocycles. The first kappa shape index (κ1) is 14.1. The number of aromatic nitrogens is 2. The van der Waals surface area contributed by atoms with Crippen LogP contribution in [0, 0.1) is 6.92 Å². The van der Waals surface area contributed by atoms with Crippen molar-refractivity contribution in [2.75, 3.05) is 49.1 Å². The highest BCUT2D eigenvalue weighted by atomic mass is 16.2. The van der Waals surface area contributed by atoms with Gasteiger partial charge < -0.3 is 14.7 Å².